The molecule has 2 fully saturated rings. The molecule has 0 spiro atoms. The highest BCUT2D eigenvalue weighted by atomic mass is 15.3. The van der Waals surface area contributed by atoms with Crippen LogP contribution in [0.3, 0.4) is 0 Å². The van der Waals surface area contributed by atoms with Crippen molar-refractivity contribution < 1.29 is 0 Å². The molecule has 2 heterocycles. The number of hydrogen-bond donors (Lipinski definition) is 0. The summed E-state index contributed by atoms with van der Waals surface area (Å²) >= 11 is 0. The molecule has 0 aromatic rings. The van der Waals surface area contributed by atoms with Crippen LogP contribution in [-0.4, -0.2) is 72.1 Å². The monoisotopic (exact) mass is 337 g/mol. The van der Waals surface area contributed by atoms with Gasteiger partial charge in [-0.2, -0.15) is 0 Å². The summed E-state index contributed by atoms with van der Waals surface area (Å²) in [6, 6.07) is 2.20. The number of piperazine rings is 1. The van der Waals surface area contributed by atoms with Gasteiger partial charge < -0.3 is 4.90 Å². The van der Waals surface area contributed by atoms with Crippen molar-refractivity contribution in [1.82, 2.24) is 14.7 Å². The normalized spacial score (nSPS) is 25.5. The molecule has 0 aromatic carbocycles. The van der Waals surface area contributed by atoms with Gasteiger partial charge in [-0.1, -0.05) is 6.92 Å². The van der Waals surface area contributed by atoms with Gasteiger partial charge in [0.15, 0.2) is 0 Å². The summed E-state index contributed by atoms with van der Waals surface area (Å²) in [5.41, 5.74) is 0. The Balaban J connectivity index is 1.66. The third kappa shape index (κ3) is 5.71. The van der Waals surface area contributed by atoms with Crippen molar-refractivity contribution in [3.05, 3.63) is 0 Å². The highest BCUT2D eigenvalue weighted by Crippen LogP contribution is 2.29. The van der Waals surface area contributed by atoms with Crippen LogP contribution in [0.25, 0.3) is 0 Å². The van der Waals surface area contributed by atoms with Crippen LogP contribution < -0.4 is 0 Å². The van der Waals surface area contributed by atoms with Crippen molar-refractivity contribution in [2.45, 2.75) is 85.4 Å². The smallest absolute Gasteiger partial charge is 0.0113 e. The van der Waals surface area contributed by atoms with Crippen LogP contribution >= 0.6 is 0 Å². The number of piperidine rings is 1. The molecule has 142 valence electrons. The molecule has 2 unspecified atom stereocenters. The van der Waals surface area contributed by atoms with Crippen molar-refractivity contribution in [2.24, 2.45) is 11.8 Å². The van der Waals surface area contributed by atoms with Gasteiger partial charge >= 0.3 is 0 Å². The summed E-state index contributed by atoms with van der Waals surface area (Å²) in [6.45, 7) is 22.0. The molecule has 3 nitrogen and oxygen atoms in total. The fraction of sp³-hybridized carbons (Fsp3) is 1.00. The zero-order chi connectivity index (χ0) is 17.7. The van der Waals surface area contributed by atoms with Crippen LogP contribution in [0, 0.1) is 11.8 Å². The van der Waals surface area contributed by atoms with Gasteiger partial charge in [-0.15, -0.1) is 0 Å². The average molecular weight is 338 g/mol. The van der Waals surface area contributed by atoms with Gasteiger partial charge in [0.2, 0.25) is 0 Å². The molecule has 2 rings (SSSR count). The third-order valence-corrected chi connectivity index (χ3v) is 6.85. The molecule has 24 heavy (non-hydrogen) atoms. The Labute approximate surface area is 151 Å². The van der Waals surface area contributed by atoms with Gasteiger partial charge in [0.1, 0.15) is 0 Å². The van der Waals surface area contributed by atoms with E-state index in [4.69, 9.17) is 0 Å². The van der Waals surface area contributed by atoms with E-state index in [0.29, 0.717) is 6.04 Å². The van der Waals surface area contributed by atoms with Crippen LogP contribution in [0.4, 0.5) is 0 Å². The standard InChI is InChI=1S/C21H43N3/c1-17(2)22-11-9-21(10-12-22)19(5)7-8-20(6)24-15-13-23(14-16-24)18(3)4/h17-21H,7-16H2,1-6H3. The second-order valence-corrected chi connectivity index (χ2v) is 9.04. The average Bonchev–Trinajstić information content (AvgIpc) is 2.59. The Morgan fingerprint density at radius 2 is 1.08 bits per heavy atom. The summed E-state index contributed by atoms with van der Waals surface area (Å²) in [5, 5.41) is 0. The van der Waals surface area contributed by atoms with Crippen LogP contribution in [0.1, 0.15) is 67.2 Å². The van der Waals surface area contributed by atoms with Gasteiger partial charge in [0, 0.05) is 44.3 Å². The van der Waals surface area contributed by atoms with E-state index >= 15 is 0 Å². The van der Waals surface area contributed by atoms with Crippen LogP contribution in [0.15, 0.2) is 0 Å². The topological polar surface area (TPSA) is 9.72 Å². The molecule has 0 saturated carbocycles. The lowest BCUT2D eigenvalue weighted by molar-refractivity contribution is 0.0744. The van der Waals surface area contributed by atoms with E-state index in [0.717, 1.165) is 23.9 Å². The minimum absolute atomic E-state index is 0.708. The van der Waals surface area contributed by atoms with Gasteiger partial charge in [-0.05, 0) is 85.2 Å². The van der Waals surface area contributed by atoms with E-state index in [2.05, 4.69) is 56.2 Å². The maximum atomic E-state index is 2.73. The predicted molar refractivity (Wildman–Crippen MR) is 106 cm³/mol. The maximum absolute atomic E-state index is 2.73. The highest BCUT2D eigenvalue weighted by Gasteiger charge is 2.26. The first-order valence-electron chi connectivity index (χ1n) is 10.6. The molecule has 2 aliphatic heterocycles. The third-order valence-electron chi connectivity index (χ3n) is 6.85. The lowest BCUT2D eigenvalue weighted by atomic mass is 9.82. The van der Waals surface area contributed by atoms with Gasteiger partial charge in [-0.25, -0.2) is 0 Å². The quantitative estimate of drug-likeness (QED) is 0.697. The minimum Gasteiger partial charge on any atom is -0.301 e. The Morgan fingerprint density at radius 3 is 1.58 bits per heavy atom. The molecular formula is C21H43N3. The van der Waals surface area contributed by atoms with Crippen LogP contribution in [0.5, 0.6) is 0 Å². The van der Waals surface area contributed by atoms with Crippen molar-refractivity contribution in [1.29, 1.82) is 0 Å². The molecule has 0 bridgehead atoms. The van der Waals surface area contributed by atoms with E-state index in [9.17, 15) is 0 Å². The van der Waals surface area contributed by atoms with E-state index in [-0.39, 0.29) is 0 Å². The van der Waals surface area contributed by atoms with Gasteiger partial charge in [-0.3, -0.25) is 9.80 Å². The zero-order valence-corrected chi connectivity index (χ0v) is 17.3. The zero-order valence-electron chi connectivity index (χ0n) is 17.3. The van der Waals surface area contributed by atoms with E-state index in [1.807, 2.05) is 0 Å². The first kappa shape index (κ1) is 20.2. The molecule has 0 aliphatic carbocycles. The summed E-state index contributed by atoms with van der Waals surface area (Å²) in [7, 11) is 0. The molecule has 0 amide bonds. The number of nitrogens with zero attached hydrogens (tertiary/aromatic N) is 3. The highest BCUT2D eigenvalue weighted by molar-refractivity contribution is 4.81. The van der Waals surface area contributed by atoms with Crippen molar-refractivity contribution in [3.8, 4) is 0 Å². The SMILES string of the molecule is CC(CCC(C)N1CCN(C(C)C)CC1)C1CCN(C(C)C)CC1. The molecule has 2 saturated heterocycles. The molecule has 2 atom stereocenters. The number of rotatable bonds is 7. The predicted octanol–water partition coefficient (Wildman–Crippen LogP) is 3.94. The summed E-state index contributed by atoms with van der Waals surface area (Å²) in [6.07, 6.45) is 5.63. The lowest BCUT2D eigenvalue weighted by Gasteiger charge is -2.40. The Kier molecular flexibility index (Phi) is 8.03. The van der Waals surface area contributed by atoms with E-state index in [1.54, 1.807) is 0 Å². The fourth-order valence-electron chi connectivity index (χ4n) is 4.62. The molecule has 0 aromatic heterocycles. The van der Waals surface area contributed by atoms with E-state index in [1.165, 1.54) is 65.0 Å². The number of hydrogen-bond acceptors (Lipinski definition) is 3. The molecule has 0 N–H and O–H groups in total. The van der Waals surface area contributed by atoms with Crippen LogP contribution in [0.2, 0.25) is 0 Å². The Hall–Kier alpha value is -0.120. The second kappa shape index (κ2) is 9.54. The Morgan fingerprint density at radius 1 is 0.625 bits per heavy atom. The fourth-order valence-corrected chi connectivity index (χ4v) is 4.62. The summed E-state index contributed by atoms with van der Waals surface area (Å²) < 4.78 is 0. The molecular weight excluding hydrogens is 294 g/mol. The summed E-state index contributed by atoms with van der Waals surface area (Å²) in [5.74, 6) is 1.86. The van der Waals surface area contributed by atoms with Crippen LogP contribution in [-0.2, 0) is 0 Å². The molecule has 2 aliphatic rings. The summed E-state index contributed by atoms with van der Waals surface area (Å²) in [4.78, 5) is 8.00. The first-order chi connectivity index (χ1) is 11.4. The largest absolute Gasteiger partial charge is 0.301 e. The Bertz CT molecular complexity index is 305. The van der Waals surface area contributed by atoms with Crippen molar-refractivity contribution in [3.63, 3.8) is 0 Å². The first-order valence-corrected chi connectivity index (χ1v) is 10.6. The molecule has 3 heteroatoms. The number of likely N-dealkylation sites (tertiary alicyclic amines) is 1. The minimum atomic E-state index is 0.708. The molecule has 0 radical (unpaired) electrons. The van der Waals surface area contributed by atoms with Gasteiger partial charge in [0.25, 0.3) is 0 Å². The maximum Gasteiger partial charge on any atom is 0.0113 e. The van der Waals surface area contributed by atoms with Gasteiger partial charge in [0.05, 0.1) is 0 Å². The lowest BCUT2D eigenvalue weighted by Crippen LogP contribution is -2.51. The van der Waals surface area contributed by atoms with E-state index < -0.39 is 0 Å². The van der Waals surface area contributed by atoms with Crippen molar-refractivity contribution in [2.75, 3.05) is 39.3 Å². The van der Waals surface area contributed by atoms with Crippen molar-refractivity contribution >= 4 is 0 Å². The second-order valence-electron chi connectivity index (χ2n) is 9.04.